The number of hydrogen-bond acceptors (Lipinski definition) is 6. The van der Waals surface area contributed by atoms with Gasteiger partial charge in [0.25, 0.3) is 5.91 Å². The molecule has 2 aliphatic heterocycles. The van der Waals surface area contributed by atoms with Gasteiger partial charge in [-0.05, 0) is 118 Å². The number of likely N-dealkylation sites (tertiary alicyclic amines) is 1. The minimum absolute atomic E-state index is 0.268. The Labute approximate surface area is 290 Å². The average Bonchev–Trinajstić information content (AvgIpc) is 4.03. The summed E-state index contributed by atoms with van der Waals surface area (Å²) in [5.41, 5.74) is 4.19. The topological polar surface area (TPSA) is 101 Å². The zero-order chi connectivity index (χ0) is 34.1. The highest BCUT2D eigenvalue weighted by molar-refractivity contribution is 7.91. The molecular formula is C39H50N4O5S. The summed E-state index contributed by atoms with van der Waals surface area (Å²) in [4.78, 5) is 32.9. The van der Waals surface area contributed by atoms with Crippen molar-refractivity contribution >= 4 is 32.7 Å². The molecule has 2 bridgehead atoms. The molecule has 0 radical (unpaired) electrons. The number of carbonyl (C=O) groups is 2. The molecule has 2 amide bonds. The highest BCUT2D eigenvalue weighted by atomic mass is 32.2. The number of piperazine rings is 1. The Balaban J connectivity index is 1.25. The Morgan fingerprint density at radius 1 is 0.918 bits per heavy atom. The predicted octanol–water partition coefficient (Wildman–Crippen LogP) is 6.45. The Hall–Kier alpha value is -3.37. The van der Waals surface area contributed by atoms with E-state index in [2.05, 4.69) is 38.3 Å². The van der Waals surface area contributed by atoms with E-state index in [1.54, 1.807) is 13.2 Å². The van der Waals surface area contributed by atoms with Crippen molar-refractivity contribution in [3.05, 3.63) is 53.6 Å². The van der Waals surface area contributed by atoms with Gasteiger partial charge in [-0.3, -0.25) is 9.59 Å². The molecule has 2 atom stereocenters. The number of aromatic nitrogens is 1. The Kier molecular flexibility index (Phi) is 8.13. The van der Waals surface area contributed by atoms with Gasteiger partial charge in [0, 0.05) is 48.2 Å². The largest absolute Gasteiger partial charge is 0.497 e. The number of amides is 2. The second-order valence-electron chi connectivity index (χ2n) is 15.7. The molecule has 2 saturated heterocycles. The third-order valence-electron chi connectivity index (χ3n) is 12.7. The molecule has 3 heterocycles. The highest BCUT2D eigenvalue weighted by Crippen LogP contribution is 2.54. The van der Waals surface area contributed by atoms with Crippen molar-refractivity contribution in [1.82, 2.24) is 19.1 Å². The van der Waals surface area contributed by atoms with Crippen LogP contribution in [0.2, 0.25) is 0 Å². The van der Waals surface area contributed by atoms with Crippen molar-refractivity contribution in [2.75, 3.05) is 27.2 Å². The average molecular weight is 687 g/mol. The van der Waals surface area contributed by atoms with E-state index in [-0.39, 0.29) is 18.0 Å². The molecule has 8 rings (SSSR count). The lowest BCUT2D eigenvalue weighted by Crippen LogP contribution is -2.56. The molecule has 5 fully saturated rings. The first kappa shape index (κ1) is 32.8. The summed E-state index contributed by atoms with van der Waals surface area (Å²) in [6.07, 6.45) is 11.2. The lowest BCUT2D eigenvalue weighted by Gasteiger charge is -2.41. The van der Waals surface area contributed by atoms with Crippen LogP contribution in [-0.4, -0.2) is 78.7 Å². The maximum absolute atomic E-state index is 14.6. The van der Waals surface area contributed by atoms with Gasteiger partial charge in [-0.2, -0.15) is 0 Å². The maximum atomic E-state index is 14.6. The number of hydrogen-bond donors (Lipinski definition) is 1. The van der Waals surface area contributed by atoms with Gasteiger partial charge in [0.1, 0.15) is 5.75 Å². The van der Waals surface area contributed by atoms with E-state index in [1.807, 2.05) is 31.2 Å². The third-order valence-corrected chi connectivity index (χ3v) is 15.0. The molecule has 262 valence electrons. The van der Waals surface area contributed by atoms with Gasteiger partial charge in [0.15, 0.2) is 0 Å². The van der Waals surface area contributed by atoms with E-state index in [0.717, 1.165) is 79.5 Å². The van der Waals surface area contributed by atoms with E-state index in [1.165, 1.54) is 24.8 Å². The van der Waals surface area contributed by atoms with Crippen LogP contribution in [0.5, 0.6) is 5.75 Å². The lowest BCUT2D eigenvalue weighted by atomic mass is 9.81. The Bertz CT molecular complexity index is 1870. The van der Waals surface area contributed by atoms with E-state index in [9.17, 15) is 18.0 Å². The second kappa shape index (κ2) is 12.1. The molecule has 10 heteroatoms. The molecule has 2 unspecified atom stereocenters. The summed E-state index contributed by atoms with van der Waals surface area (Å²) >= 11 is 0. The van der Waals surface area contributed by atoms with Crippen LogP contribution in [0.25, 0.3) is 22.2 Å². The van der Waals surface area contributed by atoms with Gasteiger partial charge in [-0.25, -0.2) is 13.1 Å². The zero-order valence-electron chi connectivity index (χ0n) is 29.2. The molecule has 3 saturated carbocycles. The van der Waals surface area contributed by atoms with Gasteiger partial charge in [0.2, 0.25) is 15.9 Å². The van der Waals surface area contributed by atoms with E-state index < -0.39 is 26.1 Å². The number of nitrogens with zero attached hydrogens (tertiary/aromatic N) is 3. The van der Waals surface area contributed by atoms with Crippen LogP contribution in [0.15, 0.2) is 42.5 Å². The number of methoxy groups -OCH3 is 1. The summed E-state index contributed by atoms with van der Waals surface area (Å²) < 4.78 is 36.0. The maximum Gasteiger partial charge on any atom is 0.264 e. The van der Waals surface area contributed by atoms with Crippen molar-refractivity contribution in [1.29, 1.82) is 0 Å². The van der Waals surface area contributed by atoms with E-state index >= 15 is 0 Å². The number of fused-ring (bicyclic) bond motifs is 3. The number of rotatable bonds is 10. The summed E-state index contributed by atoms with van der Waals surface area (Å²) in [5, 5.41) is 1.09. The van der Waals surface area contributed by atoms with Crippen LogP contribution in [0, 0.1) is 5.41 Å². The molecule has 1 N–H and O–H groups in total. The normalized spacial score (nSPS) is 24.6. The predicted molar refractivity (Wildman–Crippen MR) is 191 cm³/mol. The van der Waals surface area contributed by atoms with Crippen LogP contribution in [-0.2, 0) is 21.4 Å². The van der Waals surface area contributed by atoms with Gasteiger partial charge in [-0.15, -0.1) is 0 Å². The van der Waals surface area contributed by atoms with Gasteiger partial charge >= 0.3 is 0 Å². The number of sulfonamides is 1. The molecule has 1 aromatic heterocycles. The van der Waals surface area contributed by atoms with Crippen molar-refractivity contribution in [3.63, 3.8) is 0 Å². The fourth-order valence-corrected chi connectivity index (χ4v) is 11.0. The number of likely N-dealkylation sites (N-methyl/N-ethyl adjacent to an activating group) is 1. The second-order valence-corrected chi connectivity index (χ2v) is 17.8. The minimum atomic E-state index is -3.80. The van der Waals surface area contributed by atoms with Crippen LogP contribution >= 0.6 is 0 Å². The lowest BCUT2D eigenvalue weighted by molar-refractivity contribution is -0.143. The summed E-state index contributed by atoms with van der Waals surface area (Å²) in [7, 11) is 0.0286. The first-order chi connectivity index (χ1) is 23.6. The fourth-order valence-electron chi connectivity index (χ4n) is 9.40. The van der Waals surface area contributed by atoms with Crippen LogP contribution in [0.4, 0.5) is 0 Å². The van der Waals surface area contributed by atoms with Crippen LogP contribution in [0.1, 0.15) is 106 Å². The number of benzene rings is 2. The molecule has 3 aliphatic carbocycles. The molecular weight excluding hydrogens is 637 g/mol. The van der Waals surface area contributed by atoms with Gasteiger partial charge in [0.05, 0.1) is 23.0 Å². The van der Waals surface area contributed by atoms with Gasteiger partial charge < -0.3 is 19.1 Å². The third kappa shape index (κ3) is 5.57. The van der Waals surface area contributed by atoms with Crippen LogP contribution in [0.3, 0.4) is 0 Å². The first-order valence-corrected chi connectivity index (χ1v) is 20.0. The summed E-state index contributed by atoms with van der Waals surface area (Å²) in [5.74, 6) is 0.828. The minimum Gasteiger partial charge on any atom is -0.497 e. The molecule has 5 aliphatic rings. The molecule has 49 heavy (non-hydrogen) atoms. The van der Waals surface area contributed by atoms with E-state index in [4.69, 9.17) is 4.74 Å². The van der Waals surface area contributed by atoms with Crippen molar-refractivity contribution in [3.8, 4) is 17.0 Å². The quantitative estimate of drug-likeness (QED) is 0.263. The number of ether oxygens (including phenoxy) is 1. The smallest absolute Gasteiger partial charge is 0.264 e. The fraction of sp³-hybridized carbons (Fsp3) is 0.590. The standard InChI is InChI=1S/C39H50N4O5S/c1-4-39(20-21-39)49(46,47)40-36(44)28-12-17-32-33(22-28)42(25-38(18-19-38)37(45)43-29-13-14-30(43)24-41(2)23-29)35(27-10-15-31(48-3)16-11-27)34(32)26-8-6-5-7-9-26/h10-12,15-17,22,26,29-30H,4-9,13-14,18-21,23-25H2,1-3H3,(H,40,44). The van der Waals surface area contributed by atoms with Crippen LogP contribution < -0.4 is 9.46 Å². The highest BCUT2D eigenvalue weighted by Gasteiger charge is 2.57. The van der Waals surface area contributed by atoms with E-state index in [0.29, 0.717) is 37.3 Å². The molecule has 9 nitrogen and oxygen atoms in total. The molecule has 2 aromatic carbocycles. The van der Waals surface area contributed by atoms with Crippen molar-refractivity contribution < 1.29 is 22.7 Å². The SMILES string of the molecule is CCC1(S(=O)(=O)NC(=O)c2ccc3c(C4CCCCC4)c(-c4ccc(OC)cc4)n(CC4(C(=O)N5C6CCC5CN(C)C6)CC4)c3c2)CC1. The Morgan fingerprint density at radius 2 is 1.59 bits per heavy atom. The molecule has 3 aromatic rings. The van der Waals surface area contributed by atoms with Crippen molar-refractivity contribution in [2.24, 2.45) is 5.41 Å². The molecule has 0 spiro atoms. The Morgan fingerprint density at radius 3 is 2.18 bits per heavy atom. The monoisotopic (exact) mass is 686 g/mol. The van der Waals surface area contributed by atoms with Crippen molar-refractivity contribution in [2.45, 2.75) is 113 Å². The summed E-state index contributed by atoms with van der Waals surface area (Å²) in [6.45, 7) is 4.25. The first-order valence-electron chi connectivity index (χ1n) is 18.5. The zero-order valence-corrected chi connectivity index (χ0v) is 30.0. The summed E-state index contributed by atoms with van der Waals surface area (Å²) in [6, 6.07) is 14.4. The van der Waals surface area contributed by atoms with Gasteiger partial charge in [-0.1, -0.05) is 32.3 Å². The number of nitrogens with one attached hydrogen (secondary N) is 1. The number of carbonyl (C=O) groups excluding carboxylic acids is 2.